The van der Waals surface area contributed by atoms with E-state index in [9.17, 15) is 0 Å². The maximum atomic E-state index is 3.82. The van der Waals surface area contributed by atoms with Crippen LogP contribution in [0.2, 0.25) is 0 Å². The van der Waals surface area contributed by atoms with Crippen molar-refractivity contribution < 1.29 is 0 Å². The van der Waals surface area contributed by atoms with Gasteiger partial charge in [0.1, 0.15) is 0 Å². The Morgan fingerprint density at radius 3 is 2.64 bits per heavy atom. The highest BCUT2D eigenvalue weighted by molar-refractivity contribution is 9.10. The lowest BCUT2D eigenvalue weighted by Gasteiger charge is -2.01. The van der Waals surface area contributed by atoms with Gasteiger partial charge in [-0.25, -0.2) is 0 Å². The van der Waals surface area contributed by atoms with Crippen LogP contribution in [-0.4, -0.2) is 0 Å². The summed E-state index contributed by atoms with van der Waals surface area (Å²) in [7, 11) is 0. The van der Waals surface area contributed by atoms with Crippen LogP contribution in [0.1, 0.15) is 17.5 Å². The Labute approximate surface area is 76.8 Å². The first kappa shape index (κ1) is 8.79. The number of rotatable bonds is 2. The van der Waals surface area contributed by atoms with Gasteiger partial charge in [0.2, 0.25) is 0 Å². The molecule has 0 aliphatic heterocycles. The standard InChI is InChI=1S/C10H12Br/c1-3-4-9-5-8(2)6-10(11)7-9/h5-7H,1,3-4H2,2H3. The fraction of sp³-hybridized carbons (Fsp3) is 0.300. The van der Waals surface area contributed by atoms with Gasteiger partial charge in [-0.2, -0.15) is 0 Å². The summed E-state index contributed by atoms with van der Waals surface area (Å²) in [5, 5.41) is 0. The van der Waals surface area contributed by atoms with Crippen LogP contribution in [0, 0.1) is 13.8 Å². The van der Waals surface area contributed by atoms with Gasteiger partial charge in [0.05, 0.1) is 0 Å². The Kier molecular flexibility index (Phi) is 3.13. The lowest BCUT2D eigenvalue weighted by atomic mass is 10.1. The van der Waals surface area contributed by atoms with E-state index in [1.54, 1.807) is 0 Å². The maximum Gasteiger partial charge on any atom is 0.0180 e. The fourth-order valence-electron chi connectivity index (χ4n) is 1.16. The lowest BCUT2D eigenvalue weighted by molar-refractivity contribution is 0.995. The van der Waals surface area contributed by atoms with Crippen molar-refractivity contribution in [3.63, 3.8) is 0 Å². The molecule has 0 N–H and O–H groups in total. The zero-order valence-electron chi connectivity index (χ0n) is 6.73. The van der Waals surface area contributed by atoms with E-state index in [-0.39, 0.29) is 0 Å². The lowest BCUT2D eigenvalue weighted by Crippen LogP contribution is -1.84. The van der Waals surface area contributed by atoms with Crippen LogP contribution >= 0.6 is 15.9 Å². The second kappa shape index (κ2) is 3.91. The van der Waals surface area contributed by atoms with Gasteiger partial charge >= 0.3 is 0 Å². The summed E-state index contributed by atoms with van der Waals surface area (Å²) in [5.74, 6) is 0. The quantitative estimate of drug-likeness (QED) is 0.703. The molecule has 0 aliphatic carbocycles. The third-order valence-corrected chi connectivity index (χ3v) is 2.03. The molecule has 0 saturated heterocycles. The molecule has 0 fully saturated rings. The van der Waals surface area contributed by atoms with Crippen LogP contribution in [0.25, 0.3) is 0 Å². The molecule has 0 saturated carbocycles. The van der Waals surface area contributed by atoms with Gasteiger partial charge in [-0.3, -0.25) is 0 Å². The molecule has 11 heavy (non-hydrogen) atoms. The molecule has 0 amide bonds. The van der Waals surface area contributed by atoms with Gasteiger partial charge in [-0.1, -0.05) is 28.9 Å². The molecule has 0 bridgehead atoms. The third-order valence-electron chi connectivity index (χ3n) is 1.57. The average Bonchev–Trinajstić information content (AvgIpc) is 1.85. The van der Waals surface area contributed by atoms with Crippen LogP contribution in [-0.2, 0) is 6.42 Å². The summed E-state index contributed by atoms with van der Waals surface area (Å²) in [6.45, 7) is 5.93. The van der Waals surface area contributed by atoms with Crippen LogP contribution in [0.15, 0.2) is 22.7 Å². The van der Waals surface area contributed by atoms with Crippen LogP contribution in [0.3, 0.4) is 0 Å². The highest BCUT2D eigenvalue weighted by atomic mass is 79.9. The minimum Gasteiger partial charge on any atom is -0.0560 e. The molecule has 59 valence electrons. The summed E-state index contributed by atoms with van der Waals surface area (Å²) in [6, 6.07) is 6.47. The molecule has 0 aromatic heterocycles. The molecule has 0 aliphatic rings. The summed E-state index contributed by atoms with van der Waals surface area (Å²) in [5.41, 5.74) is 2.68. The van der Waals surface area contributed by atoms with Crippen molar-refractivity contribution in [2.24, 2.45) is 0 Å². The number of hydrogen-bond acceptors (Lipinski definition) is 0. The topological polar surface area (TPSA) is 0 Å². The number of halogens is 1. The van der Waals surface area contributed by atoms with Crippen molar-refractivity contribution in [2.75, 3.05) is 0 Å². The van der Waals surface area contributed by atoms with Gasteiger partial charge in [-0.05, 0) is 43.0 Å². The average molecular weight is 212 g/mol. The maximum absolute atomic E-state index is 3.82. The normalized spacial score (nSPS) is 10.1. The third kappa shape index (κ3) is 2.66. The zero-order chi connectivity index (χ0) is 8.27. The molecular weight excluding hydrogens is 200 g/mol. The highest BCUT2D eigenvalue weighted by Gasteiger charge is 1.94. The molecule has 1 radical (unpaired) electrons. The summed E-state index contributed by atoms with van der Waals surface area (Å²) in [6.07, 6.45) is 2.04. The number of benzene rings is 1. The van der Waals surface area contributed by atoms with E-state index in [2.05, 4.69) is 48.0 Å². The van der Waals surface area contributed by atoms with Crippen molar-refractivity contribution in [2.45, 2.75) is 19.8 Å². The molecule has 0 unspecified atom stereocenters. The number of hydrogen-bond donors (Lipinski definition) is 0. The van der Waals surface area contributed by atoms with Crippen LogP contribution in [0.4, 0.5) is 0 Å². The number of aryl methyl sites for hydroxylation is 2. The Morgan fingerprint density at radius 2 is 2.09 bits per heavy atom. The smallest absolute Gasteiger partial charge is 0.0180 e. The Hall–Kier alpha value is -0.300. The fourth-order valence-corrected chi connectivity index (χ4v) is 1.82. The van der Waals surface area contributed by atoms with Crippen molar-refractivity contribution in [1.29, 1.82) is 0 Å². The molecule has 0 nitrogen and oxygen atoms in total. The molecular formula is C10H12Br. The first-order valence-corrected chi connectivity index (χ1v) is 4.57. The minimum atomic E-state index is 0.968. The van der Waals surface area contributed by atoms with Crippen molar-refractivity contribution in [3.05, 3.63) is 40.7 Å². The Morgan fingerprint density at radius 1 is 1.36 bits per heavy atom. The van der Waals surface area contributed by atoms with Gasteiger partial charge in [0, 0.05) is 4.47 Å². The van der Waals surface area contributed by atoms with Gasteiger partial charge in [0.15, 0.2) is 0 Å². The van der Waals surface area contributed by atoms with E-state index in [0.29, 0.717) is 0 Å². The SMILES string of the molecule is [CH2]CCc1cc(C)cc(Br)c1. The van der Waals surface area contributed by atoms with E-state index >= 15 is 0 Å². The van der Waals surface area contributed by atoms with Crippen molar-refractivity contribution >= 4 is 15.9 Å². The van der Waals surface area contributed by atoms with E-state index in [4.69, 9.17) is 0 Å². The molecule has 1 rings (SSSR count). The minimum absolute atomic E-state index is 0.968. The van der Waals surface area contributed by atoms with E-state index in [1.807, 2.05) is 0 Å². The predicted octanol–water partition coefficient (Wildman–Crippen LogP) is 3.52. The molecule has 1 aromatic carbocycles. The van der Waals surface area contributed by atoms with Crippen molar-refractivity contribution in [3.8, 4) is 0 Å². The molecule has 0 atom stereocenters. The largest absolute Gasteiger partial charge is 0.0560 e. The summed E-state index contributed by atoms with van der Waals surface area (Å²) in [4.78, 5) is 0. The highest BCUT2D eigenvalue weighted by Crippen LogP contribution is 2.16. The monoisotopic (exact) mass is 211 g/mol. The van der Waals surface area contributed by atoms with Gasteiger partial charge < -0.3 is 0 Å². The van der Waals surface area contributed by atoms with Gasteiger partial charge in [0.25, 0.3) is 0 Å². The molecule has 0 spiro atoms. The van der Waals surface area contributed by atoms with Crippen LogP contribution in [0.5, 0.6) is 0 Å². The van der Waals surface area contributed by atoms with Gasteiger partial charge in [-0.15, -0.1) is 0 Å². The molecule has 1 heteroatoms. The zero-order valence-corrected chi connectivity index (χ0v) is 8.32. The van der Waals surface area contributed by atoms with Crippen LogP contribution < -0.4 is 0 Å². The van der Waals surface area contributed by atoms with E-state index < -0.39 is 0 Å². The van der Waals surface area contributed by atoms with Crippen molar-refractivity contribution in [1.82, 2.24) is 0 Å². The predicted molar refractivity (Wildman–Crippen MR) is 52.6 cm³/mol. The summed E-state index contributed by atoms with van der Waals surface area (Å²) < 4.78 is 1.17. The summed E-state index contributed by atoms with van der Waals surface area (Å²) >= 11 is 3.46. The molecule has 1 aromatic rings. The Balaban J connectivity index is 2.89. The first-order valence-electron chi connectivity index (χ1n) is 3.77. The second-order valence-corrected chi connectivity index (χ2v) is 3.66. The Bertz CT molecular complexity index is 220. The first-order chi connectivity index (χ1) is 5.22. The second-order valence-electron chi connectivity index (χ2n) is 2.74. The van der Waals surface area contributed by atoms with E-state index in [0.717, 1.165) is 12.8 Å². The molecule has 0 heterocycles. The van der Waals surface area contributed by atoms with E-state index in [1.165, 1.54) is 15.6 Å².